The van der Waals surface area contributed by atoms with Gasteiger partial charge in [0.2, 0.25) is 0 Å². The Bertz CT molecular complexity index is 803. The molecule has 28 heavy (non-hydrogen) atoms. The molecule has 7 heteroatoms. The van der Waals surface area contributed by atoms with E-state index in [4.69, 9.17) is 18.9 Å². The molecule has 0 saturated carbocycles. The van der Waals surface area contributed by atoms with E-state index >= 15 is 0 Å². The first-order chi connectivity index (χ1) is 13.5. The number of ether oxygens (including phenoxy) is 4. The summed E-state index contributed by atoms with van der Waals surface area (Å²) in [6.07, 6.45) is -0.975. The molecule has 0 saturated heterocycles. The fourth-order valence-electron chi connectivity index (χ4n) is 2.40. The maximum Gasteiger partial charge on any atom is 0.339 e. The molecular weight excluding hydrogens is 362 g/mol. The third-order valence-corrected chi connectivity index (χ3v) is 3.79. The lowest BCUT2D eigenvalue weighted by molar-refractivity contribution is -0.123. The molecule has 7 nitrogen and oxygen atoms in total. The second kappa shape index (κ2) is 10.2. The van der Waals surface area contributed by atoms with Crippen molar-refractivity contribution in [3.05, 3.63) is 48.0 Å². The van der Waals surface area contributed by atoms with E-state index in [2.05, 4.69) is 5.32 Å². The van der Waals surface area contributed by atoms with Crippen LogP contribution in [0.15, 0.2) is 42.5 Å². The lowest BCUT2D eigenvalue weighted by atomic mass is 10.2. The predicted octanol–water partition coefficient (Wildman–Crippen LogP) is 3.68. The van der Waals surface area contributed by atoms with Crippen molar-refractivity contribution in [3.8, 4) is 17.2 Å². The number of esters is 1. The van der Waals surface area contributed by atoms with Crippen LogP contribution in [-0.2, 0) is 9.53 Å². The van der Waals surface area contributed by atoms with Gasteiger partial charge in [0.05, 0.1) is 25.9 Å². The summed E-state index contributed by atoms with van der Waals surface area (Å²) in [7, 11) is 1.52. The molecule has 0 radical (unpaired) electrons. The van der Waals surface area contributed by atoms with Crippen molar-refractivity contribution in [2.24, 2.45) is 0 Å². The van der Waals surface area contributed by atoms with Gasteiger partial charge < -0.3 is 24.3 Å². The van der Waals surface area contributed by atoms with Gasteiger partial charge in [0, 0.05) is 5.69 Å². The molecule has 0 aromatic heterocycles. The number of anilines is 1. The van der Waals surface area contributed by atoms with Crippen LogP contribution in [0.4, 0.5) is 5.69 Å². The highest BCUT2D eigenvalue weighted by Crippen LogP contribution is 2.28. The largest absolute Gasteiger partial charge is 0.494 e. The van der Waals surface area contributed by atoms with Gasteiger partial charge in [0.25, 0.3) is 5.91 Å². The third kappa shape index (κ3) is 5.64. The molecule has 1 atom stereocenters. The fourth-order valence-corrected chi connectivity index (χ4v) is 2.40. The quantitative estimate of drug-likeness (QED) is 0.661. The summed E-state index contributed by atoms with van der Waals surface area (Å²) < 4.78 is 21.3. The van der Waals surface area contributed by atoms with Gasteiger partial charge in [-0.15, -0.1) is 0 Å². The molecule has 0 heterocycles. The van der Waals surface area contributed by atoms with Gasteiger partial charge in [0.15, 0.2) is 17.6 Å². The fraction of sp³-hybridized carbons (Fsp3) is 0.333. The lowest BCUT2D eigenvalue weighted by Crippen LogP contribution is -2.30. The number of hydrogen-bond donors (Lipinski definition) is 1. The maximum absolute atomic E-state index is 12.4. The number of methoxy groups -OCH3 is 1. The molecule has 1 N–H and O–H groups in total. The maximum atomic E-state index is 12.4. The standard InChI is InChI=1S/C21H25NO6/c1-5-26-17-10-8-16(9-11-17)22-20(23)14(3)28-21(24)15-7-12-18(25-4)19(13-15)27-6-2/h7-14H,5-6H2,1-4H3,(H,22,23)/t14-/m1/s1. The Morgan fingerprint density at radius 1 is 0.964 bits per heavy atom. The highest BCUT2D eigenvalue weighted by molar-refractivity contribution is 5.97. The molecular formula is C21H25NO6. The summed E-state index contributed by atoms with van der Waals surface area (Å²) >= 11 is 0. The first-order valence-corrected chi connectivity index (χ1v) is 9.04. The number of carbonyl (C=O) groups excluding carboxylic acids is 2. The zero-order valence-electron chi connectivity index (χ0n) is 16.5. The van der Waals surface area contributed by atoms with Crippen LogP contribution in [0.2, 0.25) is 0 Å². The van der Waals surface area contributed by atoms with Crippen molar-refractivity contribution < 1.29 is 28.5 Å². The molecule has 2 rings (SSSR count). The number of benzene rings is 2. The van der Waals surface area contributed by atoms with Crippen LogP contribution in [0.1, 0.15) is 31.1 Å². The Kier molecular flexibility index (Phi) is 7.68. The predicted molar refractivity (Wildman–Crippen MR) is 105 cm³/mol. The van der Waals surface area contributed by atoms with Crippen LogP contribution >= 0.6 is 0 Å². The Morgan fingerprint density at radius 3 is 2.25 bits per heavy atom. The number of amides is 1. The first-order valence-electron chi connectivity index (χ1n) is 9.04. The highest BCUT2D eigenvalue weighted by Gasteiger charge is 2.20. The summed E-state index contributed by atoms with van der Waals surface area (Å²) in [6.45, 7) is 6.23. The lowest BCUT2D eigenvalue weighted by Gasteiger charge is -2.15. The molecule has 0 spiro atoms. The highest BCUT2D eigenvalue weighted by atomic mass is 16.5. The van der Waals surface area contributed by atoms with Gasteiger partial charge in [-0.2, -0.15) is 0 Å². The monoisotopic (exact) mass is 387 g/mol. The molecule has 0 bridgehead atoms. The Labute approximate surface area is 164 Å². The van der Waals surface area contributed by atoms with E-state index < -0.39 is 18.0 Å². The molecule has 0 aliphatic rings. The van der Waals surface area contributed by atoms with Crippen LogP contribution in [0.5, 0.6) is 17.2 Å². The van der Waals surface area contributed by atoms with Crippen LogP contribution < -0.4 is 19.5 Å². The normalized spacial score (nSPS) is 11.3. The number of carbonyl (C=O) groups is 2. The van der Waals surface area contributed by atoms with Gasteiger partial charge in [0.1, 0.15) is 5.75 Å². The summed E-state index contributed by atoms with van der Waals surface area (Å²) in [5.41, 5.74) is 0.851. The zero-order chi connectivity index (χ0) is 20.5. The van der Waals surface area contributed by atoms with Gasteiger partial charge in [-0.05, 0) is 63.2 Å². The third-order valence-electron chi connectivity index (χ3n) is 3.79. The van der Waals surface area contributed by atoms with Crippen molar-refractivity contribution in [1.29, 1.82) is 0 Å². The second-order valence-electron chi connectivity index (χ2n) is 5.79. The first kappa shape index (κ1) is 21.1. The number of hydrogen-bond acceptors (Lipinski definition) is 6. The van der Waals surface area contributed by atoms with Crippen LogP contribution in [0.25, 0.3) is 0 Å². The molecule has 0 aliphatic carbocycles. The Balaban J connectivity index is 1.99. The minimum absolute atomic E-state index is 0.268. The van der Waals surface area contributed by atoms with E-state index in [0.717, 1.165) is 0 Å². The van der Waals surface area contributed by atoms with Gasteiger partial charge >= 0.3 is 5.97 Å². The van der Waals surface area contributed by atoms with Gasteiger partial charge in [-0.3, -0.25) is 4.79 Å². The molecule has 0 aliphatic heterocycles. The van der Waals surface area contributed by atoms with Crippen LogP contribution in [0, 0.1) is 0 Å². The van der Waals surface area contributed by atoms with Crippen molar-refractivity contribution in [2.75, 3.05) is 25.6 Å². The van der Waals surface area contributed by atoms with E-state index in [1.165, 1.54) is 20.1 Å². The van der Waals surface area contributed by atoms with Crippen molar-refractivity contribution in [2.45, 2.75) is 26.9 Å². The smallest absolute Gasteiger partial charge is 0.339 e. The van der Waals surface area contributed by atoms with E-state index in [-0.39, 0.29) is 5.56 Å². The average molecular weight is 387 g/mol. The summed E-state index contributed by atoms with van der Waals surface area (Å²) in [5, 5.41) is 2.70. The summed E-state index contributed by atoms with van der Waals surface area (Å²) in [6, 6.07) is 11.6. The minimum atomic E-state index is -0.975. The SMILES string of the molecule is CCOc1ccc(NC(=O)[C@@H](C)OC(=O)c2ccc(OC)c(OCC)c2)cc1. The Hall–Kier alpha value is -3.22. The van der Waals surface area contributed by atoms with E-state index in [9.17, 15) is 9.59 Å². The molecule has 150 valence electrons. The molecule has 0 fully saturated rings. The molecule has 2 aromatic carbocycles. The Morgan fingerprint density at radius 2 is 1.64 bits per heavy atom. The van der Waals surface area contributed by atoms with E-state index in [0.29, 0.717) is 36.1 Å². The van der Waals surface area contributed by atoms with Crippen molar-refractivity contribution in [1.82, 2.24) is 0 Å². The summed E-state index contributed by atoms with van der Waals surface area (Å²) in [5.74, 6) is 0.601. The van der Waals surface area contributed by atoms with E-state index in [1.807, 2.05) is 13.8 Å². The molecule has 0 unspecified atom stereocenters. The molecule has 2 aromatic rings. The van der Waals surface area contributed by atoms with Crippen molar-refractivity contribution in [3.63, 3.8) is 0 Å². The zero-order valence-corrected chi connectivity index (χ0v) is 16.5. The van der Waals surface area contributed by atoms with E-state index in [1.54, 1.807) is 36.4 Å². The van der Waals surface area contributed by atoms with Crippen LogP contribution in [-0.4, -0.2) is 38.3 Å². The average Bonchev–Trinajstić information content (AvgIpc) is 2.69. The molecule has 1 amide bonds. The second-order valence-corrected chi connectivity index (χ2v) is 5.79. The van der Waals surface area contributed by atoms with Gasteiger partial charge in [-0.1, -0.05) is 0 Å². The van der Waals surface area contributed by atoms with Crippen LogP contribution in [0.3, 0.4) is 0 Å². The minimum Gasteiger partial charge on any atom is -0.494 e. The van der Waals surface area contributed by atoms with Gasteiger partial charge in [-0.25, -0.2) is 4.79 Å². The van der Waals surface area contributed by atoms with Crippen molar-refractivity contribution >= 4 is 17.6 Å². The topological polar surface area (TPSA) is 83.1 Å². The summed E-state index contributed by atoms with van der Waals surface area (Å²) in [4.78, 5) is 24.7. The number of rotatable bonds is 9. The number of nitrogens with one attached hydrogen (secondary N) is 1.